The molecule has 0 N–H and O–H groups in total. The Bertz CT molecular complexity index is 1860. The molecule has 0 radical (unpaired) electrons. The first-order chi connectivity index (χ1) is 21.2. The second kappa shape index (κ2) is 10.2. The van der Waals surface area contributed by atoms with E-state index in [1.807, 2.05) is 53.3 Å². The minimum Gasteiger partial charge on any atom is -0.368 e. The number of para-hydroxylation sites is 3. The number of rotatable bonds is 3. The molecule has 0 bridgehead atoms. The van der Waals surface area contributed by atoms with Gasteiger partial charge in [-0.25, -0.2) is 19.1 Å². The van der Waals surface area contributed by atoms with E-state index in [-0.39, 0.29) is 11.9 Å². The Labute approximate surface area is 249 Å². The minimum atomic E-state index is -0.222. The number of amidine groups is 2. The van der Waals surface area contributed by atoms with Crippen molar-refractivity contribution in [3.8, 4) is 5.69 Å². The third-order valence-electron chi connectivity index (χ3n) is 8.39. The topological polar surface area (TPSA) is 65.2 Å². The largest absolute Gasteiger partial charge is 0.368 e. The van der Waals surface area contributed by atoms with Gasteiger partial charge in [0, 0.05) is 49.8 Å². The van der Waals surface area contributed by atoms with Crippen molar-refractivity contribution in [1.82, 2.24) is 19.7 Å². The fourth-order valence-electron chi connectivity index (χ4n) is 6.34. The molecule has 0 amide bonds. The minimum absolute atomic E-state index is 0.194. The number of anilines is 2. The fraction of sp³-hybridized carbons (Fsp3) is 0.176. The molecular formula is C34H29FN8. The lowest BCUT2D eigenvalue weighted by atomic mass is 9.94. The number of aromatic nitrogens is 3. The van der Waals surface area contributed by atoms with Gasteiger partial charge in [0.05, 0.1) is 28.8 Å². The summed E-state index contributed by atoms with van der Waals surface area (Å²) in [5.74, 6) is 2.23. The summed E-state index contributed by atoms with van der Waals surface area (Å²) in [5.41, 5.74) is 6.92. The summed E-state index contributed by atoms with van der Waals surface area (Å²) in [6.07, 6.45) is 3.74. The van der Waals surface area contributed by atoms with E-state index in [2.05, 4.69) is 63.0 Å². The molecule has 3 aliphatic heterocycles. The molecule has 9 heteroatoms. The van der Waals surface area contributed by atoms with Gasteiger partial charge in [-0.05, 0) is 67.1 Å². The van der Waals surface area contributed by atoms with Crippen LogP contribution < -0.4 is 9.80 Å². The molecule has 212 valence electrons. The number of hydrogen-bond donors (Lipinski definition) is 0. The number of nitrogens with zero attached hydrogens (tertiary/aromatic N) is 8. The summed E-state index contributed by atoms with van der Waals surface area (Å²) in [5, 5.41) is 5.02. The maximum absolute atomic E-state index is 13.6. The molecule has 3 aromatic carbocycles. The van der Waals surface area contributed by atoms with Crippen LogP contribution in [-0.2, 0) is 0 Å². The molecule has 1 fully saturated rings. The number of pyridine rings is 1. The number of aryl methyl sites for hydroxylation is 1. The van der Waals surface area contributed by atoms with Crippen LogP contribution >= 0.6 is 0 Å². The van der Waals surface area contributed by atoms with E-state index >= 15 is 0 Å². The van der Waals surface area contributed by atoms with Crippen LogP contribution in [0, 0.1) is 12.7 Å². The average molecular weight is 569 g/mol. The Kier molecular flexibility index (Phi) is 6.03. The molecule has 43 heavy (non-hydrogen) atoms. The van der Waals surface area contributed by atoms with Crippen LogP contribution in [0.25, 0.3) is 5.69 Å². The van der Waals surface area contributed by atoms with Crippen molar-refractivity contribution in [2.45, 2.75) is 13.0 Å². The van der Waals surface area contributed by atoms with E-state index in [1.54, 1.807) is 6.20 Å². The molecular weight excluding hydrogens is 539 g/mol. The smallest absolute Gasteiger partial charge is 0.179 e. The molecule has 1 saturated heterocycles. The van der Waals surface area contributed by atoms with Gasteiger partial charge in [-0.1, -0.05) is 36.4 Å². The van der Waals surface area contributed by atoms with Crippen LogP contribution in [0.2, 0.25) is 0 Å². The maximum atomic E-state index is 13.6. The lowest BCUT2D eigenvalue weighted by Crippen LogP contribution is -2.55. The van der Waals surface area contributed by atoms with E-state index in [1.165, 1.54) is 12.1 Å². The van der Waals surface area contributed by atoms with Gasteiger partial charge in [0.1, 0.15) is 5.82 Å². The highest BCUT2D eigenvalue weighted by Gasteiger charge is 2.43. The zero-order valence-corrected chi connectivity index (χ0v) is 23.7. The molecule has 1 unspecified atom stereocenters. The lowest BCUT2D eigenvalue weighted by molar-refractivity contribution is 0.389. The van der Waals surface area contributed by atoms with Gasteiger partial charge in [-0.15, -0.1) is 0 Å². The zero-order valence-electron chi connectivity index (χ0n) is 23.7. The number of hydrogen-bond acceptors (Lipinski definition) is 7. The Morgan fingerprint density at radius 1 is 0.721 bits per heavy atom. The zero-order chi connectivity index (χ0) is 28.9. The number of aliphatic imine (C=N–C) groups is 2. The van der Waals surface area contributed by atoms with Crippen LogP contribution in [0.1, 0.15) is 22.9 Å². The highest BCUT2D eigenvalue weighted by Crippen LogP contribution is 2.48. The first-order valence-electron chi connectivity index (χ1n) is 14.5. The molecule has 8 nitrogen and oxygen atoms in total. The third-order valence-corrected chi connectivity index (χ3v) is 8.39. The lowest BCUT2D eigenvalue weighted by Gasteiger charge is -2.44. The Hall–Kier alpha value is -5.31. The van der Waals surface area contributed by atoms with Crippen LogP contribution in [0.3, 0.4) is 0 Å². The number of benzene rings is 3. The SMILES string of the molecule is Cc1nn(-c2ccccc2)c2c1C(c1cccnc1)N1C(=N2)C(N2CCN(c3ccc(F)cc3)CC2)=Nc2ccccc21. The molecule has 3 aliphatic rings. The van der Waals surface area contributed by atoms with Crippen molar-refractivity contribution in [2.75, 3.05) is 36.0 Å². The van der Waals surface area contributed by atoms with Gasteiger partial charge >= 0.3 is 0 Å². The van der Waals surface area contributed by atoms with Crippen LogP contribution in [-0.4, -0.2) is 57.5 Å². The van der Waals surface area contributed by atoms with Gasteiger partial charge < -0.3 is 14.7 Å². The van der Waals surface area contributed by atoms with Crippen LogP contribution in [0.15, 0.2) is 113 Å². The van der Waals surface area contributed by atoms with E-state index in [0.29, 0.717) is 0 Å². The van der Waals surface area contributed by atoms with Crippen LogP contribution in [0.4, 0.5) is 27.3 Å². The number of fused-ring (bicyclic) bond motifs is 4. The standard InChI is InChI=1S/C34H29FN8/c1-23-30-31(24-8-7-17-36-22-24)42-29-12-6-5-11-28(29)37-33(34(42)38-32(30)43(39-23)27-9-3-2-4-10-27)41-20-18-40(19-21-41)26-15-13-25(35)14-16-26/h2-17,22,31H,18-21H2,1H3. The van der Waals surface area contributed by atoms with E-state index < -0.39 is 0 Å². The summed E-state index contributed by atoms with van der Waals surface area (Å²) in [7, 11) is 0. The molecule has 0 saturated carbocycles. The van der Waals surface area contributed by atoms with Gasteiger partial charge in [0.15, 0.2) is 17.5 Å². The van der Waals surface area contributed by atoms with E-state index in [0.717, 1.165) is 83.2 Å². The van der Waals surface area contributed by atoms with E-state index in [9.17, 15) is 4.39 Å². The van der Waals surface area contributed by atoms with Crippen molar-refractivity contribution < 1.29 is 4.39 Å². The normalized spacial score (nSPS) is 17.5. The Balaban J connectivity index is 1.27. The Morgan fingerprint density at radius 3 is 2.23 bits per heavy atom. The van der Waals surface area contributed by atoms with Crippen molar-refractivity contribution >= 4 is 34.6 Å². The first-order valence-corrected chi connectivity index (χ1v) is 14.5. The van der Waals surface area contributed by atoms with E-state index in [4.69, 9.17) is 15.1 Å². The summed E-state index contributed by atoms with van der Waals surface area (Å²) in [4.78, 5) is 22.0. The van der Waals surface area contributed by atoms with Crippen molar-refractivity contribution in [2.24, 2.45) is 9.98 Å². The van der Waals surface area contributed by atoms with Crippen molar-refractivity contribution in [1.29, 1.82) is 0 Å². The quantitative estimate of drug-likeness (QED) is 0.259. The second-order valence-corrected chi connectivity index (χ2v) is 10.9. The summed E-state index contributed by atoms with van der Waals surface area (Å²) >= 11 is 0. The molecule has 8 rings (SSSR count). The highest BCUT2D eigenvalue weighted by atomic mass is 19.1. The number of piperazine rings is 1. The third kappa shape index (κ3) is 4.27. The maximum Gasteiger partial charge on any atom is 0.179 e. The predicted molar refractivity (Wildman–Crippen MR) is 168 cm³/mol. The molecule has 2 aromatic heterocycles. The molecule has 0 aliphatic carbocycles. The van der Waals surface area contributed by atoms with Gasteiger partial charge in [0.2, 0.25) is 0 Å². The Morgan fingerprint density at radius 2 is 1.47 bits per heavy atom. The van der Waals surface area contributed by atoms with Crippen molar-refractivity contribution in [3.05, 3.63) is 126 Å². The van der Waals surface area contributed by atoms with Crippen molar-refractivity contribution in [3.63, 3.8) is 0 Å². The monoisotopic (exact) mass is 568 g/mol. The average Bonchev–Trinajstić information content (AvgIpc) is 3.40. The summed E-state index contributed by atoms with van der Waals surface area (Å²) in [6.45, 7) is 5.15. The van der Waals surface area contributed by atoms with Gasteiger partial charge in [-0.3, -0.25) is 4.98 Å². The fourth-order valence-corrected chi connectivity index (χ4v) is 6.34. The first kappa shape index (κ1) is 25.4. The van der Waals surface area contributed by atoms with Gasteiger partial charge in [-0.2, -0.15) is 5.10 Å². The molecule has 1 atom stereocenters. The summed E-state index contributed by atoms with van der Waals surface area (Å²) in [6, 6.07) is 29.1. The van der Waals surface area contributed by atoms with Gasteiger partial charge in [0.25, 0.3) is 0 Å². The van der Waals surface area contributed by atoms with Crippen LogP contribution in [0.5, 0.6) is 0 Å². The highest BCUT2D eigenvalue weighted by molar-refractivity contribution is 6.48. The molecule has 0 spiro atoms. The predicted octanol–water partition coefficient (Wildman–Crippen LogP) is 6.22. The second-order valence-electron chi connectivity index (χ2n) is 10.9. The summed E-state index contributed by atoms with van der Waals surface area (Å²) < 4.78 is 15.5. The molecule has 5 heterocycles. The number of halogens is 1. The molecule has 5 aromatic rings.